The number of urea groups is 1. The lowest BCUT2D eigenvalue weighted by molar-refractivity contribution is 0.0730. The largest absolute Gasteiger partial charge is 0.467 e. The average molecular weight is 438 g/mol. The molecule has 9 nitrogen and oxygen atoms in total. The van der Waals surface area contributed by atoms with Gasteiger partial charge in [-0.2, -0.15) is 4.31 Å². The molecule has 10 heteroatoms. The van der Waals surface area contributed by atoms with Crippen LogP contribution in [0.4, 0.5) is 4.79 Å². The van der Waals surface area contributed by atoms with Gasteiger partial charge in [-0.25, -0.2) is 13.2 Å². The summed E-state index contributed by atoms with van der Waals surface area (Å²) in [4.78, 5) is 12.1. The second-order valence-corrected chi connectivity index (χ2v) is 8.69. The van der Waals surface area contributed by atoms with E-state index in [4.69, 9.17) is 13.9 Å². The fraction of sp³-hybridized carbons (Fsp3) is 0.450. The van der Waals surface area contributed by atoms with Gasteiger partial charge in [0.15, 0.2) is 0 Å². The van der Waals surface area contributed by atoms with Crippen molar-refractivity contribution in [3.8, 4) is 0 Å². The number of carbonyl (C=O) groups excluding carboxylic acids is 1. The number of nitrogens with one attached hydrogen (secondary N) is 2. The molecule has 2 aromatic rings. The van der Waals surface area contributed by atoms with Crippen LogP contribution in [0.25, 0.3) is 0 Å². The molecule has 2 heterocycles. The molecule has 0 atom stereocenters. The lowest BCUT2D eigenvalue weighted by Gasteiger charge is -2.26. The molecule has 0 radical (unpaired) electrons. The van der Waals surface area contributed by atoms with Crippen molar-refractivity contribution < 1.29 is 27.1 Å². The molecule has 1 aromatic heterocycles. The molecule has 1 saturated heterocycles. The number of amides is 2. The fourth-order valence-electron chi connectivity index (χ4n) is 2.90. The van der Waals surface area contributed by atoms with Crippen LogP contribution in [-0.4, -0.2) is 58.2 Å². The zero-order valence-electron chi connectivity index (χ0n) is 16.7. The van der Waals surface area contributed by atoms with Crippen LogP contribution in [0, 0.1) is 0 Å². The summed E-state index contributed by atoms with van der Waals surface area (Å²) in [7, 11) is -3.51. The number of furan rings is 1. The van der Waals surface area contributed by atoms with Crippen molar-refractivity contribution in [3.63, 3.8) is 0 Å². The van der Waals surface area contributed by atoms with E-state index < -0.39 is 10.0 Å². The molecule has 3 rings (SSSR count). The predicted molar refractivity (Wildman–Crippen MR) is 109 cm³/mol. The number of ether oxygens (including phenoxy) is 2. The highest BCUT2D eigenvalue weighted by molar-refractivity contribution is 7.89. The standard InChI is InChI=1S/C20H27N3O6S/c24-20(21-8-2-11-28-16-18-3-1-12-29-18)22-15-17-4-6-19(7-5-17)30(25,26)23-9-13-27-14-10-23/h1,3-7,12H,2,8-11,13-16H2,(H2,21,22,24). The normalized spacial score (nSPS) is 15.1. The van der Waals surface area contributed by atoms with E-state index in [0.29, 0.717) is 59.0 Å². The van der Waals surface area contributed by atoms with Gasteiger partial charge in [-0.3, -0.25) is 0 Å². The first-order valence-corrected chi connectivity index (χ1v) is 11.3. The number of rotatable bonds is 10. The van der Waals surface area contributed by atoms with E-state index in [0.717, 1.165) is 11.3 Å². The van der Waals surface area contributed by atoms with E-state index in [1.54, 1.807) is 36.6 Å². The molecule has 0 unspecified atom stereocenters. The van der Waals surface area contributed by atoms with Gasteiger partial charge in [-0.1, -0.05) is 12.1 Å². The summed E-state index contributed by atoms with van der Waals surface area (Å²) < 4.78 is 42.4. The minimum absolute atomic E-state index is 0.243. The van der Waals surface area contributed by atoms with Gasteiger partial charge in [0.25, 0.3) is 0 Å². The zero-order chi connectivity index (χ0) is 21.2. The molecule has 1 fully saturated rings. The Hall–Kier alpha value is -2.40. The molecular weight excluding hydrogens is 410 g/mol. The summed E-state index contributed by atoms with van der Waals surface area (Å²) in [6.07, 6.45) is 2.28. The van der Waals surface area contributed by atoms with E-state index in [2.05, 4.69) is 10.6 Å². The third-order valence-corrected chi connectivity index (χ3v) is 6.47. The summed E-state index contributed by atoms with van der Waals surface area (Å²) in [6, 6.07) is 9.90. The zero-order valence-corrected chi connectivity index (χ0v) is 17.5. The van der Waals surface area contributed by atoms with Gasteiger partial charge >= 0.3 is 6.03 Å². The van der Waals surface area contributed by atoms with Crippen LogP contribution >= 0.6 is 0 Å². The monoisotopic (exact) mass is 437 g/mol. The number of hydrogen-bond acceptors (Lipinski definition) is 6. The quantitative estimate of drug-likeness (QED) is 0.548. The minimum Gasteiger partial charge on any atom is -0.467 e. The lowest BCUT2D eigenvalue weighted by Crippen LogP contribution is -2.40. The maximum atomic E-state index is 12.6. The van der Waals surface area contributed by atoms with E-state index in [9.17, 15) is 13.2 Å². The Morgan fingerprint density at radius 1 is 1.10 bits per heavy atom. The van der Waals surface area contributed by atoms with E-state index in [-0.39, 0.29) is 10.9 Å². The van der Waals surface area contributed by atoms with Crippen LogP contribution in [0.5, 0.6) is 0 Å². The van der Waals surface area contributed by atoms with E-state index in [1.165, 1.54) is 4.31 Å². The van der Waals surface area contributed by atoms with Crippen LogP contribution in [-0.2, 0) is 32.6 Å². The molecule has 0 aliphatic carbocycles. The average Bonchev–Trinajstić information content (AvgIpc) is 3.29. The first-order valence-electron chi connectivity index (χ1n) is 9.84. The smallest absolute Gasteiger partial charge is 0.315 e. The van der Waals surface area contributed by atoms with Crippen molar-refractivity contribution in [1.82, 2.24) is 14.9 Å². The summed E-state index contributed by atoms with van der Waals surface area (Å²) in [5.41, 5.74) is 0.813. The molecule has 0 saturated carbocycles. The summed E-state index contributed by atoms with van der Waals surface area (Å²) in [5, 5.41) is 5.51. The number of benzene rings is 1. The molecule has 1 aliphatic rings. The van der Waals surface area contributed by atoms with Crippen molar-refractivity contribution in [2.45, 2.75) is 24.5 Å². The minimum atomic E-state index is -3.51. The second-order valence-electron chi connectivity index (χ2n) is 6.76. The molecule has 30 heavy (non-hydrogen) atoms. The molecular formula is C20H27N3O6S. The summed E-state index contributed by atoms with van der Waals surface area (Å²) in [6.45, 7) is 3.26. The highest BCUT2D eigenvalue weighted by Crippen LogP contribution is 2.17. The first-order chi connectivity index (χ1) is 14.6. The van der Waals surface area contributed by atoms with Crippen LogP contribution in [0.2, 0.25) is 0 Å². The highest BCUT2D eigenvalue weighted by Gasteiger charge is 2.26. The van der Waals surface area contributed by atoms with Gasteiger partial charge in [0.05, 0.1) is 24.4 Å². The van der Waals surface area contributed by atoms with Crippen molar-refractivity contribution in [2.24, 2.45) is 0 Å². The Morgan fingerprint density at radius 3 is 2.57 bits per heavy atom. The molecule has 2 amide bonds. The Kier molecular flexibility index (Phi) is 8.26. The molecule has 164 valence electrons. The van der Waals surface area contributed by atoms with Gasteiger partial charge in [0, 0.05) is 32.8 Å². The fourth-order valence-corrected chi connectivity index (χ4v) is 4.31. The van der Waals surface area contributed by atoms with Crippen molar-refractivity contribution >= 4 is 16.1 Å². The Bertz CT molecular complexity index is 878. The number of hydrogen-bond donors (Lipinski definition) is 2. The SMILES string of the molecule is O=C(NCCCOCc1ccco1)NCc1ccc(S(=O)(=O)N2CCOCC2)cc1. The van der Waals surface area contributed by atoms with Crippen molar-refractivity contribution in [2.75, 3.05) is 39.5 Å². The molecule has 1 aromatic carbocycles. The maximum absolute atomic E-state index is 12.6. The Labute approximate surface area is 176 Å². The maximum Gasteiger partial charge on any atom is 0.315 e. The number of carbonyl (C=O) groups is 1. The van der Waals surface area contributed by atoms with E-state index in [1.807, 2.05) is 6.07 Å². The first kappa shape index (κ1) is 22.3. The number of sulfonamides is 1. The van der Waals surface area contributed by atoms with Crippen LogP contribution in [0.3, 0.4) is 0 Å². The number of nitrogens with zero attached hydrogens (tertiary/aromatic N) is 1. The summed E-state index contributed by atoms with van der Waals surface area (Å²) in [5.74, 6) is 0.768. The van der Waals surface area contributed by atoms with Crippen molar-refractivity contribution in [1.29, 1.82) is 0 Å². The highest BCUT2D eigenvalue weighted by atomic mass is 32.2. The molecule has 1 aliphatic heterocycles. The van der Waals surface area contributed by atoms with E-state index >= 15 is 0 Å². The second kappa shape index (κ2) is 11.1. The Morgan fingerprint density at radius 2 is 1.87 bits per heavy atom. The van der Waals surface area contributed by atoms with Gasteiger partial charge in [0.2, 0.25) is 10.0 Å². The van der Waals surface area contributed by atoms with Gasteiger partial charge in [-0.15, -0.1) is 0 Å². The third kappa shape index (κ3) is 6.56. The van der Waals surface area contributed by atoms with Gasteiger partial charge < -0.3 is 24.5 Å². The lowest BCUT2D eigenvalue weighted by atomic mass is 10.2. The van der Waals surface area contributed by atoms with Gasteiger partial charge in [0.1, 0.15) is 12.4 Å². The summed E-state index contributed by atoms with van der Waals surface area (Å²) >= 11 is 0. The van der Waals surface area contributed by atoms with Crippen LogP contribution in [0.15, 0.2) is 52.0 Å². The van der Waals surface area contributed by atoms with Crippen LogP contribution < -0.4 is 10.6 Å². The molecule has 2 N–H and O–H groups in total. The number of morpholine rings is 1. The third-order valence-electron chi connectivity index (χ3n) is 4.56. The van der Waals surface area contributed by atoms with Crippen molar-refractivity contribution in [3.05, 3.63) is 54.0 Å². The predicted octanol–water partition coefficient (Wildman–Crippen LogP) is 1.71. The van der Waals surface area contributed by atoms with Crippen LogP contribution in [0.1, 0.15) is 17.7 Å². The van der Waals surface area contributed by atoms with Gasteiger partial charge in [-0.05, 0) is 36.2 Å². The molecule has 0 spiro atoms. The molecule has 0 bridgehead atoms. The Balaban J connectivity index is 1.33. The topological polar surface area (TPSA) is 110 Å².